The Balaban J connectivity index is 1.33. The van der Waals surface area contributed by atoms with Gasteiger partial charge in [0.15, 0.2) is 0 Å². The number of fused-ring (bicyclic) bond motifs is 1. The zero-order valence-electron chi connectivity index (χ0n) is 18.1. The van der Waals surface area contributed by atoms with Crippen molar-refractivity contribution >= 4 is 16.8 Å². The minimum Gasteiger partial charge on any atom is -0.490 e. The Hall–Kier alpha value is -3.12. The number of nitrogens with zero attached hydrogens (tertiary/aromatic N) is 2. The predicted molar refractivity (Wildman–Crippen MR) is 122 cm³/mol. The van der Waals surface area contributed by atoms with Gasteiger partial charge in [-0.05, 0) is 54.1 Å². The lowest BCUT2D eigenvalue weighted by Gasteiger charge is -2.32. The SMILES string of the molecule is CCCONC(=O)N1CCC(Oc2ccc(-c3ccc4c(C)nccc4c3)cc2)CC1. The van der Waals surface area contributed by atoms with Gasteiger partial charge in [0.2, 0.25) is 0 Å². The van der Waals surface area contributed by atoms with Crippen LogP contribution in [-0.4, -0.2) is 41.7 Å². The molecule has 2 heterocycles. The first-order chi connectivity index (χ1) is 15.1. The summed E-state index contributed by atoms with van der Waals surface area (Å²) >= 11 is 0. The second kappa shape index (κ2) is 9.79. The Bertz CT molecular complexity index is 1030. The van der Waals surface area contributed by atoms with Gasteiger partial charge < -0.3 is 9.64 Å². The fourth-order valence-corrected chi connectivity index (χ4v) is 3.88. The number of nitrogens with one attached hydrogen (secondary N) is 1. The molecule has 1 N–H and O–H groups in total. The van der Waals surface area contributed by atoms with E-state index in [0.717, 1.165) is 36.3 Å². The van der Waals surface area contributed by atoms with Crippen molar-refractivity contribution in [3.8, 4) is 16.9 Å². The Labute approximate surface area is 183 Å². The maximum Gasteiger partial charge on any atom is 0.341 e. The molecule has 0 saturated carbocycles. The first-order valence-electron chi connectivity index (χ1n) is 10.9. The maximum atomic E-state index is 12.1. The Kier molecular flexibility index (Phi) is 6.67. The van der Waals surface area contributed by atoms with Crippen LogP contribution >= 0.6 is 0 Å². The number of benzene rings is 2. The molecule has 3 aromatic rings. The molecule has 0 aliphatic carbocycles. The molecule has 0 unspecified atom stereocenters. The van der Waals surface area contributed by atoms with E-state index >= 15 is 0 Å². The van der Waals surface area contributed by atoms with Gasteiger partial charge in [-0.15, -0.1) is 0 Å². The quantitative estimate of drug-likeness (QED) is 0.446. The number of rotatable bonds is 6. The van der Waals surface area contributed by atoms with E-state index in [1.807, 2.05) is 38.2 Å². The summed E-state index contributed by atoms with van der Waals surface area (Å²) in [6.07, 6.45) is 4.45. The molecular formula is C25H29N3O3. The first kappa shape index (κ1) is 21.1. The lowest BCUT2D eigenvalue weighted by Crippen LogP contribution is -2.46. The summed E-state index contributed by atoms with van der Waals surface area (Å²) in [5, 5.41) is 2.38. The van der Waals surface area contributed by atoms with Gasteiger partial charge in [-0.2, -0.15) is 0 Å². The van der Waals surface area contributed by atoms with Crippen molar-refractivity contribution in [1.82, 2.24) is 15.4 Å². The molecule has 1 saturated heterocycles. The summed E-state index contributed by atoms with van der Waals surface area (Å²) in [7, 11) is 0. The fraction of sp³-hybridized carbons (Fsp3) is 0.360. The molecule has 0 spiro atoms. The lowest BCUT2D eigenvalue weighted by atomic mass is 10.0. The average molecular weight is 420 g/mol. The Morgan fingerprint density at radius 1 is 1.10 bits per heavy atom. The summed E-state index contributed by atoms with van der Waals surface area (Å²) in [5.41, 5.74) is 5.87. The number of ether oxygens (including phenoxy) is 1. The van der Waals surface area contributed by atoms with Crippen molar-refractivity contribution in [1.29, 1.82) is 0 Å². The largest absolute Gasteiger partial charge is 0.490 e. The number of pyridine rings is 1. The second-order valence-electron chi connectivity index (χ2n) is 7.92. The third-order valence-corrected chi connectivity index (χ3v) is 5.65. The molecule has 1 fully saturated rings. The van der Waals surface area contributed by atoms with Gasteiger partial charge in [0.25, 0.3) is 0 Å². The number of amides is 2. The molecule has 0 atom stereocenters. The van der Waals surface area contributed by atoms with E-state index in [-0.39, 0.29) is 12.1 Å². The normalized spacial score (nSPS) is 14.6. The van der Waals surface area contributed by atoms with Gasteiger partial charge in [0, 0.05) is 43.2 Å². The van der Waals surface area contributed by atoms with Crippen LogP contribution < -0.4 is 10.2 Å². The van der Waals surface area contributed by atoms with E-state index < -0.39 is 0 Å². The summed E-state index contributed by atoms with van der Waals surface area (Å²) in [6, 6.07) is 16.6. The number of carbonyl (C=O) groups is 1. The van der Waals surface area contributed by atoms with Gasteiger partial charge in [-0.3, -0.25) is 9.82 Å². The zero-order valence-corrected chi connectivity index (χ0v) is 18.1. The molecule has 2 amide bonds. The van der Waals surface area contributed by atoms with Crippen LogP contribution in [0.5, 0.6) is 5.75 Å². The molecule has 6 heteroatoms. The standard InChI is InChI=1S/C25H29N3O3/c1-3-16-30-27-25(29)28-14-11-23(12-15-28)31-22-7-4-19(5-8-22)20-6-9-24-18(2)26-13-10-21(24)17-20/h4-10,13,17,23H,3,11-12,14-16H2,1-2H3,(H,27,29). The molecule has 6 nitrogen and oxygen atoms in total. The van der Waals surface area contributed by atoms with Gasteiger partial charge in [-0.1, -0.05) is 31.2 Å². The van der Waals surface area contributed by atoms with E-state index in [0.29, 0.717) is 19.7 Å². The third-order valence-electron chi connectivity index (χ3n) is 5.65. The van der Waals surface area contributed by atoms with Crippen molar-refractivity contribution in [3.05, 3.63) is 60.4 Å². The number of aromatic nitrogens is 1. The summed E-state index contributed by atoms with van der Waals surface area (Å²) in [5.74, 6) is 0.860. The number of piperidine rings is 1. The van der Waals surface area contributed by atoms with Crippen LogP contribution in [0.1, 0.15) is 31.9 Å². The highest BCUT2D eigenvalue weighted by Crippen LogP contribution is 2.28. The number of hydrogen-bond acceptors (Lipinski definition) is 4. The van der Waals surface area contributed by atoms with E-state index in [2.05, 4.69) is 40.8 Å². The van der Waals surface area contributed by atoms with Crippen LogP contribution in [0.25, 0.3) is 21.9 Å². The van der Waals surface area contributed by atoms with Crippen LogP contribution in [0.2, 0.25) is 0 Å². The van der Waals surface area contributed by atoms with Crippen LogP contribution in [-0.2, 0) is 4.84 Å². The molecule has 1 aromatic heterocycles. The molecular weight excluding hydrogens is 390 g/mol. The molecule has 2 aromatic carbocycles. The number of urea groups is 1. The van der Waals surface area contributed by atoms with Gasteiger partial charge in [0.1, 0.15) is 11.9 Å². The van der Waals surface area contributed by atoms with Crippen LogP contribution in [0, 0.1) is 6.92 Å². The minimum atomic E-state index is -0.169. The third kappa shape index (κ3) is 5.14. The Morgan fingerprint density at radius 3 is 2.58 bits per heavy atom. The van der Waals surface area contributed by atoms with E-state index in [1.54, 1.807) is 4.90 Å². The zero-order chi connectivity index (χ0) is 21.6. The lowest BCUT2D eigenvalue weighted by molar-refractivity contribution is 0.0384. The van der Waals surface area contributed by atoms with Crippen molar-refractivity contribution in [3.63, 3.8) is 0 Å². The van der Waals surface area contributed by atoms with Crippen molar-refractivity contribution in [2.24, 2.45) is 0 Å². The van der Waals surface area contributed by atoms with Gasteiger partial charge in [0.05, 0.1) is 6.61 Å². The molecule has 1 aliphatic heterocycles. The molecule has 0 radical (unpaired) electrons. The van der Waals surface area contributed by atoms with E-state index in [9.17, 15) is 4.79 Å². The summed E-state index contributed by atoms with van der Waals surface area (Å²) in [4.78, 5) is 23.3. The smallest absolute Gasteiger partial charge is 0.341 e. The van der Waals surface area contributed by atoms with Crippen LogP contribution in [0.3, 0.4) is 0 Å². The first-order valence-corrected chi connectivity index (χ1v) is 10.9. The molecule has 1 aliphatic rings. The topological polar surface area (TPSA) is 63.7 Å². The highest BCUT2D eigenvalue weighted by Gasteiger charge is 2.24. The summed E-state index contributed by atoms with van der Waals surface area (Å²) in [6.45, 7) is 5.88. The average Bonchev–Trinajstić information content (AvgIpc) is 2.80. The number of hydroxylamine groups is 1. The van der Waals surface area contributed by atoms with Crippen LogP contribution in [0.15, 0.2) is 54.7 Å². The van der Waals surface area contributed by atoms with Crippen molar-refractivity contribution in [2.75, 3.05) is 19.7 Å². The summed E-state index contributed by atoms with van der Waals surface area (Å²) < 4.78 is 6.16. The van der Waals surface area contributed by atoms with E-state index in [4.69, 9.17) is 9.57 Å². The van der Waals surface area contributed by atoms with Crippen molar-refractivity contribution < 1.29 is 14.4 Å². The molecule has 31 heavy (non-hydrogen) atoms. The highest BCUT2D eigenvalue weighted by molar-refractivity contribution is 5.88. The number of hydrogen-bond donors (Lipinski definition) is 1. The fourth-order valence-electron chi connectivity index (χ4n) is 3.88. The number of carbonyl (C=O) groups excluding carboxylic acids is 1. The van der Waals surface area contributed by atoms with Gasteiger partial charge in [-0.25, -0.2) is 10.3 Å². The van der Waals surface area contributed by atoms with E-state index in [1.165, 1.54) is 16.3 Å². The number of likely N-dealkylation sites (tertiary alicyclic amines) is 1. The minimum absolute atomic E-state index is 0.114. The molecule has 4 rings (SSSR count). The molecule has 0 bridgehead atoms. The maximum absolute atomic E-state index is 12.1. The number of aryl methyl sites for hydroxylation is 1. The second-order valence-corrected chi connectivity index (χ2v) is 7.92. The van der Waals surface area contributed by atoms with Crippen LogP contribution in [0.4, 0.5) is 4.79 Å². The monoisotopic (exact) mass is 419 g/mol. The van der Waals surface area contributed by atoms with Crippen molar-refractivity contribution in [2.45, 2.75) is 39.2 Å². The molecule has 162 valence electrons. The predicted octanol–water partition coefficient (Wildman–Crippen LogP) is 5.10. The van der Waals surface area contributed by atoms with Gasteiger partial charge >= 0.3 is 6.03 Å². The Morgan fingerprint density at radius 2 is 1.84 bits per heavy atom. The highest BCUT2D eigenvalue weighted by atomic mass is 16.7.